The normalized spacial score (nSPS) is 13.4. The lowest BCUT2D eigenvalue weighted by molar-refractivity contribution is 0.171. The first kappa shape index (κ1) is 15.2. The molecule has 3 nitrogen and oxygen atoms in total. The highest BCUT2D eigenvalue weighted by atomic mass is 16.6. The van der Waals surface area contributed by atoms with Crippen molar-refractivity contribution in [1.29, 1.82) is 0 Å². The van der Waals surface area contributed by atoms with E-state index in [4.69, 9.17) is 9.47 Å². The molecule has 2 rings (SSSR count). The molecular weight excluding hydrogens is 250 g/mol. The van der Waals surface area contributed by atoms with Gasteiger partial charge in [0.25, 0.3) is 0 Å². The molecule has 0 atom stereocenters. The van der Waals surface area contributed by atoms with Crippen LogP contribution in [0.2, 0.25) is 0 Å². The Morgan fingerprint density at radius 3 is 2.60 bits per heavy atom. The van der Waals surface area contributed by atoms with Crippen molar-refractivity contribution in [3.8, 4) is 11.5 Å². The highest BCUT2D eigenvalue weighted by molar-refractivity contribution is 5.43. The van der Waals surface area contributed by atoms with E-state index in [9.17, 15) is 0 Å². The molecule has 0 saturated carbocycles. The molecule has 1 heterocycles. The Labute approximate surface area is 122 Å². The minimum absolute atomic E-state index is 0.665. The van der Waals surface area contributed by atoms with Gasteiger partial charge in [-0.05, 0) is 56.5 Å². The van der Waals surface area contributed by atoms with Crippen molar-refractivity contribution in [2.75, 3.05) is 26.3 Å². The Hall–Kier alpha value is -1.22. The predicted octanol–water partition coefficient (Wildman–Crippen LogP) is 3.56. The van der Waals surface area contributed by atoms with Gasteiger partial charge in [-0.25, -0.2) is 0 Å². The van der Waals surface area contributed by atoms with Crippen molar-refractivity contribution in [2.24, 2.45) is 0 Å². The number of ether oxygens (including phenoxy) is 2. The molecule has 0 unspecified atom stereocenters. The first-order chi connectivity index (χ1) is 9.90. The summed E-state index contributed by atoms with van der Waals surface area (Å²) in [5.74, 6) is 1.81. The standard InChI is InChI=1S/C17H27NO2/c1-2-10-18-11-6-4-3-5-7-15-8-9-16-17(14-15)20-13-12-19-16/h8-9,14,18H,2-7,10-13H2,1H3. The molecule has 1 aromatic carbocycles. The number of rotatable bonds is 9. The maximum Gasteiger partial charge on any atom is 0.161 e. The number of hydrogen-bond acceptors (Lipinski definition) is 3. The molecule has 112 valence electrons. The van der Waals surface area contributed by atoms with E-state index in [-0.39, 0.29) is 0 Å². The average Bonchev–Trinajstić information content (AvgIpc) is 2.50. The summed E-state index contributed by atoms with van der Waals surface area (Å²) in [6, 6.07) is 6.34. The van der Waals surface area contributed by atoms with Crippen molar-refractivity contribution < 1.29 is 9.47 Å². The molecule has 0 fully saturated rings. The van der Waals surface area contributed by atoms with Crippen molar-refractivity contribution in [3.63, 3.8) is 0 Å². The van der Waals surface area contributed by atoms with Crippen LogP contribution in [0.15, 0.2) is 18.2 Å². The number of unbranched alkanes of at least 4 members (excludes halogenated alkanes) is 3. The summed E-state index contributed by atoms with van der Waals surface area (Å²) in [6.45, 7) is 5.86. The van der Waals surface area contributed by atoms with Gasteiger partial charge in [0.1, 0.15) is 13.2 Å². The fourth-order valence-electron chi connectivity index (χ4n) is 2.48. The summed E-state index contributed by atoms with van der Waals surface area (Å²) >= 11 is 0. The van der Waals surface area contributed by atoms with E-state index in [0.717, 1.165) is 31.0 Å². The van der Waals surface area contributed by atoms with Gasteiger partial charge in [0.05, 0.1) is 0 Å². The SMILES string of the molecule is CCCNCCCCCCc1ccc2c(c1)OCCO2. The molecular formula is C17H27NO2. The Morgan fingerprint density at radius 1 is 0.950 bits per heavy atom. The molecule has 0 aliphatic carbocycles. The predicted molar refractivity (Wildman–Crippen MR) is 82.8 cm³/mol. The molecule has 20 heavy (non-hydrogen) atoms. The minimum Gasteiger partial charge on any atom is -0.486 e. The lowest BCUT2D eigenvalue weighted by Crippen LogP contribution is -2.15. The molecule has 3 heteroatoms. The summed E-state index contributed by atoms with van der Waals surface area (Å²) in [5, 5.41) is 3.45. The summed E-state index contributed by atoms with van der Waals surface area (Å²) < 4.78 is 11.1. The zero-order valence-corrected chi connectivity index (χ0v) is 12.6. The van der Waals surface area contributed by atoms with Crippen molar-refractivity contribution in [3.05, 3.63) is 23.8 Å². The lowest BCUT2D eigenvalue weighted by Gasteiger charge is -2.18. The van der Waals surface area contributed by atoms with Gasteiger partial charge in [-0.2, -0.15) is 0 Å². The maximum absolute atomic E-state index is 5.61. The molecule has 1 aliphatic heterocycles. The molecule has 0 saturated heterocycles. The van der Waals surface area contributed by atoms with Gasteiger partial charge in [-0.3, -0.25) is 0 Å². The summed E-state index contributed by atoms with van der Waals surface area (Å²) in [7, 11) is 0. The van der Waals surface area contributed by atoms with Gasteiger partial charge < -0.3 is 14.8 Å². The van der Waals surface area contributed by atoms with Gasteiger partial charge in [-0.15, -0.1) is 0 Å². The van der Waals surface area contributed by atoms with E-state index in [1.54, 1.807) is 0 Å². The second-order valence-electron chi connectivity index (χ2n) is 5.39. The van der Waals surface area contributed by atoms with Gasteiger partial charge in [0, 0.05) is 0 Å². The largest absolute Gasteiger partial charge is 0.486 e. The van der Waals surface area contributed by atoms with Gasteiger partial charge in [0.2, 0.25) is 0 Å². The maximum atomic E-state index is 5.61. The van der Waals surface area contributed by atoms with E-state index < -0.39 is 0 Å². The Balaban J connectivity index is 1.60. The highest BCUT2D eigenvalue weighted by Gasteiger charge is 2.11. The number of nitrogens with one attached hydrogen (secondary N) is 1. The van der Waals surface area contributed by atoms with E-state index >= 15 is 0 Å². The zero-order chi connectivity index (χ0) is 14.0. The number of hydrogen-bond donors (Lipinski definition) is 1. The minimum atomic E-state index is 0.665. The highest BCUT2D eigenvalue weighted by Crippen LogP contribution is 2.31. The fourth-order valence-corrected chi connectivity index (χ4v) is 2.48. The second kappa shape index (κ2) is 8.85. The van der Waals surface area contributed by atoms with Gasteiger partial charge in [0.15, 0.2) is 11.5 Å². The van der Waals surface area contributed by atoms with Crippen LogP contribution in [-0.4, -0.2) is 26.3 Å². The summed E-state index contributed by atoms with van der Waals surface area (Å²) in [6.07, 6.45) is 7.54. The molecule has 1 aliphatic rings. The molecule has 0 spiro atoms. The number of aryl methyl sites for hydroxylation is 1. The summed E-state index contributed by atoms with van der Waals surface area (Å²) in [5.41, 5.74) is 1.36. The fraction of sp³-hybridized carbons (Fsp3) is 0.647. The molecule has 0 amide bonds. The van der Waals surface area contributed by atoms with E-state index in [0.29, 0.717) is 13.2 Å². The molecule has 1 N–H and O–H groups in total. The van der Waals surface area contributed by atoms with E-state index in [2.05, 4.69) is 24.4 Å². The topological polar surface area (TPSA) is 30.5 Å². The third kappa shape index (κ3) is 5.04. The second-order valence-corrected chi connectivity index (χ2v) is 5.39. The Bertz CT molecular complexity index is 393. The van der Waals surface area contributed by atoms with E-state index in [1.807, 2.05) is 6.07 Å². The first-order valence-electron chi connectivity index (χ1n) is 7.99. The van der Waals surface area contributed by atoms with Crippen LogP contribution in [0, 0.1) is 0 Å². The van der Waals surface area contributed by atoms with Crippen LogP contribution in [-0.2, 0) is 6.42 Å². The van der Waals surface area contributed by atoms with Crippen LogP contribution < -0.4 is 14.8 Å². The third-order valence-corrected chi connectivity index (χ3v) is 3.60. The molecule has 0 aromatic heterocycles. The zero-order valence-electron chi connectivity index (χ0n) is 12.6. The van der Waals surface area contributed by atoms with Crippen LogP contribution >= 0.6 is 0 Å². The van der Waals surface area contributed by atoms with Crippen LogP contribution in [0.25, 0.3) is 0 Å². The molecule has 1 aromatic rings. The number of fused-ring (bicyclic) bond motifs is 1. The van der Waals surface area contributed by atoms with Crippen LogP contribution in [0.3, 0.4) is 0 Å². The first-order valence-corrected chi connectivity index (χ1v) is 7.99. The average molecular weight is 277 g/mol. The van der Waals surface area contributed by atoms with Crippen LogP contribution in [0.1, 0.15) is 44.6 Å². The molecule has 0 bridgehead atoms. The van der Waals surface area contributed by atoms with Crippen molar-refractivity contribution in [2.45, 2.75) is 45.4 Å². The van der Waals surface area contributed by atoms with Crippen LogP contribution in [0.4, 0.5) is 0 Å². The smallest absolute Gasteiger partial charge is 0.161 e. The quantitative estimate of drug-likeness (QED) is 0.700. The Kier molecular flexibility index (Phi) is 6.72. The lowest BCUT2D eigenvalue weighted by atomic mass is 10.1. The molecule has 0 radical (unpaired) electrons. The van der Waals surface area contributed by atoms with Gasteiger partial charge in [-0.1, -0.05) is 25.8 Å². The Morgan fingerprint density at radius 2 is 1.75 bits per heavy atom. The van der Waals surface area contributed by atoms with Crippen LogP contribution in [0.5, 0.6) is 11.5 Å². The van der Waals surface area contributed by atoms with Gasteiger partial charge >= 0.3 is 0 Å². The summed E-state index contributed by atoms with van der Waals surface area (Å²) in [4.78, 5) is 0. The number of benzene rings is 1. The third-order valence-electron chi connectivity index (χ3n) is 3.60. The monoisotopic (exact) mass is 277 g/mol. The van der Waals surface area contributed by atoms with Crippen molar-refractivity contribution >= 4 is 0 Å². The van der Waals surface area contributed by atoms with E-state index in [1.165, 1.54) is 37.7 Å². The van der Waals surface area contributed by atoms with Crippen molar-refractivity contribution in [1.82, 2.24) is 5.32 Å².